The molecule has 0 radical (unpaired) electrons. The fourth-order valence-corrected chi connectivity index (χ4v) is 9.76. The number of carbonyl (C=O) groups is 1. The van der Waals surface area contributed by atoms with Gasteiger partial charge in [0.1, 0.15) is 6.10 Å². The number of fused-ring (bicyclic) bond motifs is 6. The second kappa shape index (κ2) is 8.56. The van der Waals surface area contributed by atoms with Gasteiger partial charge in [-0.05, 0) is 99.0 Å². The molecule has 5 heteroatoms. The lowest BCUT2D eigenvalue weighted by Gasteiger charge is -2.65. The summed E-state index contributed by atoms with van der Waals surface area (Å²) in [5.41, 5.74) is 0.720. The average Bonchev–Trinajstić information content (AvgIpc) is 3.47. The van der Waals surface area contributed by atoms with E-state index < -0.39 is 5.79 Å². The van der Waals surface area contributed by atoms with E-state index in [1.165, 1.54) is 19.3 Å². The van der Waals surface area contributed by atoms with Gasteiger partial charge in [-0.2, -0.15) is 0 Å². The summed E-state index contributed by atoms with van der Waals surface area (Å²) in [6.45, 7) is 8.16. The Bertz CT molecular complexity index is 939. The summed E-state index contributed by atoms with van der Waals surface area (Å²) < 4.78 is 19.2. The third-order valence-electron chi connectivity index (χ3n) is 11.5. The van der Waals surface area contributed by atoms with Gasteiger partial charge in [0.25, 0.3) is 0 Å². The molecule has 1 N–H and O–H groups in total. The molecule has 4 aliphatic carbocycles. The zero-order valence-corrected chi connectivity index (χ0v) is 21.6. The number of benzene rings is 1. The van der Waals surface area contributed by atoms with E-state index in [1.54, 1.807) is 0 Å². The van der Waals surface area contributed by atoms with E-state index in [-0.39, 0.29) is 34.9 Å². The molecule has 0 amide bonds. The number of carbonyl (C=O) groups excluding carboxylic acids is 1. The zero-order chi connectivity index (χ0) is 24.4. The van der Waals surface area contributed by atoms with Gasteiger partial charge in [0.2, 0.25) is 0 Å². The molecule has 1 saturated heterocycles. The minimum atomic E-state index is -0.571. The largest absolute Gasteiger partial charge is 0.459 e. The number of hydrogen-bond acceptors (Lipinski definition) is 5. The van der Waals surface area contributed by atoms with Crippen molar-refractivity contribution < 1.29 is 24.1 Å². The maximum absolute atomic E-state index is 12.7. The van der Waals surface area contributed by atoms with Crippen molar-refractivity contribution >= 4 is 5.97 Å². The third-order valence-corrected chi connectivity index (χ3v) is 11.5. The minimum absolute atomic E-state index is 0.00484. The van der Waals surface area contributed by atoms with Crippen LogP contribution >= 0.6 is 0 Å². The van der Waals surface area contributed by atoms with E-state index in [4.69, 9.17) is 14.2 Å². The van der Waals surface area contributed by atoms with E-state index in [2.05, 4.69) is 13.8 Å². The van der Waals surface area contributed by atoms with Crippen molar-refractivity contribution in [3.63, 3.8) is 0 Å². The fraction of sp³-hybridized carbons (Fsp3) is 0.767. The Morgan fingerprint density at radius 2 is 1.77 bits per heavy atom. The Hall–Kier alpha value is -1.43. The molecule has 9 atom stereocenters. The number of aliphatic hydroxyl groups is 1. The SMILES string of the molecule is CC(O)[C@H]1CCC2C3CC[C@@H]4C[C@@H](OC(=O)c5ccccc5)CC[C@]4(C)C3CC3(OCCO3)[C@@]21C. The summed E-state index contributed by atoms with van der Waals surface area (Å²) in [4.78, 5) is 12.7. The van der Waals surface area contributed by atoms with E-state index in [0.717, 1.165) is 32.1 Å². The van der Waals surface area contributed by atoms with Crippen LogP contribution in [0.2, 0.25) is 0 Å². The van der Waals surface area contributed by atoms with Crippen LogP contribution in [-0.2, 0) is 14.2 Å². The Morgan fingerprint density at radius 3 is 2.49 bits per heavy atom. The Kier molecular flexibility index (Phi) is 5.86. The molecule has 0 aromatic heterocycles. The molecule has 1 heterocycles. The highest BCUT2D eigenvalue weighted by Gasteiger charge is 2.71. The summed E-state index contributed by atoms with van der Waals surface area (Å²) in [6, 6.07) is 9.38. The lowest BCUT2D eigenvalue weighted by molar-refractivity contribution is -0.315. The molecule has 35 heavy (non-hydrogen) atoms. The van der Waals surface area contributed by atoms with E-state index >= 15 is 0 Å². The second-order valence-electron chi connectivity index (χ2n) is 12.7. The van der Waals surface area contributed by atoms with Crippen molar-refractivity contribution in [2.24, 2.45) is 40.4 Å². The standard InChI is InChI=1S/C30H42O5/c1-19(31)24-11-12-25-23-10-9-21-17-22(35-27(32)20-7-5-4-6-8-20)13-14-28(21,2)26(23)18-30(29(24,25)3)33-15-16-34-30/h4-8,19,21-26,31H,9-18H2,1-3H3/t19?,21-,22+,23?,24-,25?,26?,28+,29-/m1/s1. The van der Waals surface area contributed by atoms with Crippen LogP contribution in [0.1, 0.15) is 82.5 Å². The lowest BCUT2D eigenvalue weighted by atomic mass is 9.43. The van der Waals surface area contributed by atoms with Gasteiger partial charge < -0.3 is 19.3 Å². The second-order valence-corrected chi connectivity index (χ2v) is 12.7. The lowest BCUT2D eigenvalue weighted by Crippen LogP contribution is -2.65. The van der Waals surface area contributed by atoms with Gasteiger partial charge in [-0.3, -0.25) is 0 Å². The maximum atomic E-state index is 12.7. The molecule has 0 bridgehead atoms. The van der Waals surface area contributed by atoms with E-state index in [1.807, 2.05) is 37.3 Å². The van der Waals surface area contributed by atoms with Crippen LogP contribution in [0.15, 0.2) is 30.3 Å². The van der Waals surface area contributed by atoms with Gasteiger partial charge in [0, 0.05) is 11.8 Å². The van der Waals surface area contributed by atoms with E-state index in [9.17, 15) is 9.90 Å². The van der Waals surface area contributed by atoms with Gasteiger partial charge in [-0.15, -0.1) is 0 Å². The zero-order valence-electron chi connectivity index (χ0n) is 21.6. The van der Waals surface area contributed by atoms with Crippen LogP contribution in [0, 0.1) is 40.4 Å². The number of rotatable bonds is 3. The van der Waals surface area contributed by atoms with Crippen molar-refractivity contribution in [1.29, 1.82) is 0 Å². The molecule has 5 aliphatic rings. The predicted molar refractivity (Wildman–Crippen MR) is 133 cm³/mol. The van der Waals surface area contributed by atoms with Crippen LogP contribution < -0.4 is 0 Å². The summed E-state index contributed by atoms with van der Waals surface area (Å²) in [5.74, 6) is 1.77. The number of ether oxygens (including phenoxy) is 3. The summed E-state index contributed by atoms with van der Waals surface area (Å²) in [6.07, 6.45) is 8.25. The molecule has 1 aromatic carbocycles. The molecule has 5 nitrogen and oxygen atoms in total. The monoisotopic (exact) mass is 482 g/mol. The molecule has 1 aliphatic heterocycles. The molecule has 1 aromatic rings. The van der Waals surface area contributed by atoms with Crippen LogP contribution in [0.4, 0.5) is 0 Å². The first-order valence-corrected chi connectivity index (χ1v) is 14.0. The van der Waals surface area contributed by atoms with Crippen molar-refractivity contribution in [1.82, 2.24) is 0 Å². The van der Waals surface area contributed by atoms with Crippen LogP contribution in [0.3, 0.4) is 0 Å². The first-order chi connectivity index (χ1) is 16.8. The maximum Gasteiger partial charge on any atom is 0.338 e. The molecule has 6 rings (SSSR count). The van der Waals surface area contributed by atoms with E-state index in [0.29, 0.717) is 42.4 Å². The van der Waals surface area contributed by atoms with Crippen LogP contribution in [0.25, 0.3) is 0 Å². The normalized spacial score (nSPS) is 44.8. The highest BCUT2D eigenvalue weighted by atomic mass is 16.7. The summed E-state index contributed by atoms with van der Waals surface area (Å²) in [7, 11) is 0. The number of esters is 1. The average molecular weight is 483 g/mol. The Labute approximate surface area is 209 Å². The predicted octanol–water partition coefficient (Wildman–Crippen LogP) is 5.60. The van der Waals surface area contributed by atoms with Crippen molar-refractivity contribution in [3.05, 3.63) is 35.9 Å². The molecule has 4 saturated carbocycles. The van der Waals surface area contributed by atoms with Gasteiger partial charge in [-0.1, -0.05) is 32.0 Å². The highest BCUT2D eigenvalue weighted by Crippen LogP contribution is 2.71. The third kappa shape index (κ3) is 3.48. The van der Waals surface area contributed by atoms with Crippen LogP contribution in [0.5, 0.6) is 0 Å². The van der Waals surface area contributed by atoms with Gasteiger partial charge in [-0.25, -0.2) is 4.79 Å². The first kappa shape index (κ1) is 23.9. The van der Waals surface area contributed by atoms with Crippen molar-refractivity contribution in [2.75, 3.05) is 13.2 Å². The Morgan fingerprint density at radius 1 is 1.03 bits per heavy atom. The minimum Gasteiger partial charge on any atom is -0.459 e. The molecule has 192 valence electrons. The van der Waals surface area contributed by atoms with Crippen LogP contribution in [-0.4, -0.2) is 42.3 Å². The van der Waals surface area contributed by atoms with Crippen molar-refractivity contribution in [2.45, 2.75) is 90.1 Å². The first-order valence-electron chi connectivity index (χ1n) is 14.0. The quantitative estimate of drug-likeness (QED) is 0.568. The number of hydrogen-bond donors (Lipinski definition) is 1. The summed E-state index contributed by atoms with van der Waals surface area (Å²) >= 11 is 0. The Balaban J connectivity index is 1.24. The molecular formula is C30H42O5. The molecular weight excluding hydrogens is 440 g/mol. The highest BCUT2D eigenvalue weighted by molar-refractivity contribution is 5.89. The fourth-order valence-electron chi connectivity index (χ4n) is 9.76. The van der Waals surface area contributed by atoms with Gasteiger partial charge >= 0.3 is 5.97 Å². The number of aliphatic hydroxyl groups excluding tert-OH is 1. The molecule has 4 unspecified atom stereocenters. The molecule has 5 fully saturated rings. The smallest absolute Gasteiger partial charge is 0.338 e. The summed E-state index contributed by atoms with van der Waals surface area (Å²) in [5, 5.41) is 10.8. The van der Waals surface area contributed by atoms with Crippen molar-refractivity contribution in [3.8, 4) is 0 Å². The topological polar surface area (TPSA) is 65.0 Å². The van der Waals surface area contributed by atoms with Gasteiger partial charge in [0.05, 0.1) is 24.9 Å². The van der Waals surface area contributed by atoms with Gasteiger partial charge in [0.15, 0.2) is 5.79 Å². The molecule has 1 spiro atoms.